The van der Waals surface area contributed by atoms with Crippen molar-refractivity contribution in [2.24, 2.45) is 11.8 Å². The van der Waals surface area contributed by atoms with Crippen molar-refractivity contribution in [3.63, 3.8) is 0 Å². The fourth-order valence-corrected chi connectivity index (χ4v) is 4.21. The van der Waals surface area contributed by atoms with E-state index in [0.717, 1.165) is 5.56 Å². The van der Waals surface area contributed by atoms with Crippen molar-refractivity contribution < 1.29 is 19.2 Å². The molecule has 0 bridgehead atoms. The Bertz CT molecular complexity index is 839. The van der Waals surface area contributed by atoms with Crippen LogP contribution in [0.25, 0.3) is 0 Å². The summed E-state index contributed by atoms with van der Waals surface area (Å²) in [7, 11) is 0. The van der Waals surface area contributed by atoms with Crippen LogP contribution in [-0.4, -0.2) is 52.1 Å². The Morgan fingerprint density at radius 1 is 1.03 bits per heavy atom. The summed E-state index contributed by atoms with van der Waals surface area (Å²) in [5.41, 5.74) is 0.908. The van der Waals surface area contributed by atoms with Crippen molar-refractivity contribution in [2.45, 2.75) is 58.7 Å². The van der Waals surface area contributed by atoms with Gasteiger partial charge in [0.25, 0.3) is 0 Å². The quantitative estimate of drug-likeness (QED) is 0.511. The second-order valence-corrected chi connectivity index (χ2v) is 8.58. The summed E-state index contributed by atoms with van der Waals surface area (Å²) in [4.78, 5) is 53.8. The predicted octanol–water partition coefficient (Wildman–Crippen LogP) is 2.27. The number of imide groups is 1. The van der Waals surface area contributed by atoms with Gasteiger partial charge in [-0.1, -0.05) is 42.5 Å². The Morgan fingerprint density at radius 3 is 2.16 bits per heavy atom. The third kappa shape index (κ3) is 5.21. The number of benzene rings is 1. The van der Waals surface area contributed by atoms with E-state index in [-0.39, 0.29) is 61.0 Å². The molecule has 1 aromatic rings. The van der Waals surface area contributed by atoms with Crippen LogP contribution >= 0.6 is 0 Å². The van der Waals surface area contributed by atoms with Gasteiger partial charge in [0.05, 0.1) is 11.8 Å². The summed E-state index contributed by atoms with van der Waals surface area (Å²) in [5, 5.41) is 2.85. The lowest BCUT2D eigenvalue weighted by atomic mass is 9.85. The first-order valence-electron chi connectivity index (χ1n) is 10.9. The van der Waals surface area contributed by atoms with Gasteiger partial charge >= 0.3 is 0 Å². The minimum absolute atomic E-state index is 0.00349. The first-order chi connectivity index (χ1) is 14.8. The van der Waals surface area contributed by atoms with Crippen LogP contribution in [0.1, 0.15) is 45.6 Å². The van der Waals surface area contributed by atoms with Gasteiger partial charge in [0.2, 0.25) is 23.6 Å². The first kappa shape index (κ1) is 22.7. The largest absolute Gasteiger partial charge is 0.352 e. The van der Waals surface area contributed by atoms with Crippen molar-refractivity contribution >= 4 is 23.6 Å². The third-order valence-corrected chi connectivity index (χ3v) is 5.94. The lowest BCUT2D eigenvalue weighted by Crippen LogP contribution is -2.49. The van der Waals surface area contributed by atoms with Gasteiger partial charge in [0.15, 0.2) is 0 Å². The van der Waals surface area contributed by atoms with Gasteiger partial charge in [-0.15, -0.1) is 0 Å². The van der Waals surface area contributed by atoms with Crippen LogP contribution in [0.4, 0.5) is 0 Å². The maximum Gasteiger partial charge on any atom is 0.242 e. The van der Waals surface area contributed by atoms with Gasteiger partial charge in [-0.25, -0.2) is 0 Å². The highest BCUT2D eigenvalue weighted by Gasteiger charge is 2.47. The van der Waals surface area contributed by atoms with Gasteiger partial charge < -0.3 is 10.2 Å². The van der Waals surface area contributed by atoms with Gasteiger partial charge in [-0.2, -0.15) is 0 Å². The van der Waals surface area contributed by atoms with E-state index < -0.39 is 6.04 Å². The molecule has 0 radical (unpaired) electrons. The smallest absolute Gasteiger partial charge is 0.242 e. The predicted molar refractivity (Wildman–Crippen MR) is 116 cm³/mol. The Morgan fingerprint density at radius 2 is 1.61 bits per heavy atom. The minimum atomic E-state index is -0.674. The van der Waals surface area contributed by atoms with E-state index in [4.69, 9.17) is 0 Å². The molecule has 2 aliphatic rings. The molecule has 3 rings (SSSR count). The minimum Gasteiger partial charge on any atom is -0.352 e. The van der Waals surface area contributed by atoms with Crippen molar-refractivity contribution in [3.8, 4) is 0 Å². The number of likely N-dealkylation sites (tertiary alicyclic amines) is 1. The molecule has 1 unspecified atom stereocenters. The molecule has 0 spiro atoms. The van der Waals surface area contributed by atoms with Crippen LogP contribution in [0, 0.1) is 11.8 Å². The number of nitrogens with one attached hydrogen (secondary N) is 1. The summed E-state index contributed by atoms with van der Waals surface area (Å²) in [6.07, 6.45) is 5.03. The molecule has 1 saturated heterocycles. The number of nitrogens with zero attached hydrogens (tertiary/aromatic N) is 2. The molecule has 7 nitrogen and oxygen atoms in total. The number of carbonyl (C=O) groups excluding carboxylic acids is 4. The molecule has 1 aliphatic heterocycles. The Kier molecular flexibility index (Phi) is 7.25. The summed E-state index contributed by atoms with van der Waals surface area (Å²) in [5.74, 6) is -1.47. The van der Waals surface area contributed by atoms with Crippen molar-refractivity contribution in [2.75, 3.05) is 6.54 Å². The molecule has 1 fully saturated rings. The Balaban J connectivity index is 1.70. The van der Waals surface area contributed by atoms with Crippen molar-refractivity contribution in [3.05, 3.63) is 48.0 Å². The van der Waals surface area contributed by atoms with Crippen LogP contribution < -0.4 is 5.32 Å². The summed E-state index contributed by atoms with van der Waals surface area (Å²) >= 11 is 0. The van der Waals surface area contributed by atoms with Crippen LogP contribution in [-0.2, 0) is 25.7 Å². The van der Waals surface area contributed by atoms with Crippen LogP contribution in [0.15, 0.2) is 42.5 Å². The highest BCUT2D eigenvalue weighted by molar-refractivity contribution is 6.05. The van der Waals surface area contributed by atoms with Crippen LogP contribution in [0.2, 0.25) is 0 Å². The molecule has 1 aliphatic carbocycles. The monoisotopic (exact) mass is 425 g/mol. The SMILES string of the molecule is CC(C)NC(=O)C(C)N(Cc1ccccc1)C(=O)CCN1C(=O)[C@H]2CC=CC[C@H]2C1=O. The molecule has 0 saturated carbocycles. The summed E-state index contributed by atoms with van der Waals surface area (Å²) in [6, 6.07) is 8.75. The van der Waals surface area contributed by atoms with E-state index in [9.17, 15) is 19.2 Å². The number of hydrogen-bond acceptors (Lipinski definition) is 4. The van der Waals surface area contributed by atoms with Gasteiger partial charge in [0, 0.05) is 25.6 Å². The molecule has 1 aromatic carbocycles. The van der Waals surface area contributed by atoms with Gasteiger partial charge in [0.1, 0.15) is 6.04 Å². The second kappa shape index (κ2) is 9.90. The molecule has 3 atom stereocenters. The number of rotatable bonds is 8. The zero-order valence-corrected chi connectivity index (χ0v) is 18.4. The maximum atomic E-state index is 13.1. The fourth-order valence-electron chi connectivity index (χ4n) is 4.21. The number of amides is 4. The zero-order chi connectivity index (χ0) is 22.5. The average molecular weight is 426 g/mol. The zero-order valence-electron chi connectivity index (χ0n) is 18.4. The molecule has 4 amide bonds. The number of allylic oxidation sites excluding steroid dienone is 2. The number of hydrogen-bond donors (Lipinski definition) is 1. The number of fused-ring (bicyclic) bond motifs is 1. The molecule has 31 heavy (non-hydrogen) atoms. The highest BCUT2D eigenvalue weighted by atomic mass is 16.2. The number of carbonyl (C=O) groups is 4. The fraction of sp³-hybridized carbons (Fsp3) is 0.500. The van der Waals surface area contributed by atoms with E-state index in [1.54, 1.807) is 6.92 Å². The molecule has 166 valence electrons. The van der Waals surface area contributed by atoms with Gasteiger partial charge in [-0.05, 0) is 39.2 Å². The van der Waals surface area contributed by atoms with E-state index in [1.807, 2.05) is 56.3 Å². The normalized spacial score (nSPS) is 21.2. The summed E-state index contributed by atoms with van der Waals surface area (Å²) in [6.45, 7) is 5.77. The lowest BCUT2D eigenvalue weighted by molar-refractivity contribution is -0.143. The van der Waals surface area contributed by atoms with Crippen LogP contribution in [0.5, 0.6) is 0 Å². The Labute approximate surface area is 183 Å². The molecule has 7 heteroatoms. The Hall–Kier alpha value is -2.96. The standard InChI is InChI=1S/C24H31N3O4/c1-16(2)25-22(29)17(3)27(15-18-9-5-4-6-10-18)21(28)13-14-26-23(30)19-11-7-8-12-20(19)24(26)31/h4-10,16-17,19-20H,11-15H2,1-3H3,(H,25,29)/t17?,19-,20+. The van der Waals surface area contributed by atoms with Crippen molar-refractivity contribution in [1.82, 2.24) is 15.1 Å². The van der Waals surface area contributed by atoms with E-state index in [0.29, 0.717) is 12.8 Å². The van der Waals surface area contributed by atoms with E-state index >= 15 is 0 Å². The summed E-state index contributed by atoms with van der Waals surface area (Å²) < 4.78 is 0. The lowest BCUT2D eigenvalue weighted by Gasteiger charge is -2.30. The average Bonchev–Trinajstić information content (AvgIpc) is 3.00. The molecule has 1 heterocycles. The molecular formula is C24H31N3O4. The molecule has 0 aromatic heterocycles. The molecule has 1 N–H and O–H groups in total. The second-order valence-electron chi connectivity index (χ2n) is 8.58. The van der Waals surface area contributed by atoms with Crippen molar-refractivity contribution in [1.29, 1.82) is 0 Å². The van der Waals surface area contributed by atoms with E-state index in [2.05, 4.69) is 5.32 Å². The van der Waals surface area contributed by atoms with E-state index in [1.165, 1.54) is 9.80 Å². The topological polar surface area (TPSA) is 86.8 Å². The van der Waals surface area contributed by atoms with Crippen LogP contribution in [0.3, 0.4) is 0 Å². The third-order valence-electron chi connectivity index (χ3n) is 5.94. The first-order valence-corrected chi connectivity index (χ1v) is 10.9. The highest BCUT2D eigenvalue weighted by Crippen LogP contribution is 2.35. The maximum absolute atomic E-state index is 13.1. The molecular weight excluding hydrogens is 394 g/mol. The van der Waals surface area contributed by atoms with Gasteiger partial charge in [-0.3, -0.25) is 24.1 Å².